The second-order valence-electron chi connectivity index (χ2n) is 7.26. The summed E-state index contributed by atoms with van der Waals surface area (Å²) in [7, 11) is 0. The van der Waals surface area contributed by atoms with E-state index in [0.717, 1.165) is 43.9 Å². The highest BCUT2D eigenvalue weighted by atomic mass is 16.1. The molecule has 4 rings (SSSR count). The van der Waals surface area contributed by atoms with E-state index in [1.165, 1.54) is 11.1 Å². The normalized spacial score (nSPS) is 21.2. The Labute approximate surface area is 148 Å². The van der Waals surface area contributed by atoms with Crippen molar-refractivity contribution in [3.8, 4) is 0 Å². The van der Waals surface area contributed by atoms with Crippen molar-refractivity contribution in [1.82, 2.24) is 10.3 Å². The Hall–Kier alpha value is -2.56. The number of hydrogen-bond donors (Lipinski definition) is 2. The zero-order valence-corrected chi connectivity index (χ0v) is 14.5. The van der Waals surface area contributed by atoms with Crippen LogP contribution < -0.4 is 16.0 Å². The maximum atomic E-state index is 11.6. The summed E-state index contributed by atoms with van der Waals surface area (Å²) in [4.78, 5) is 18.4. The van der Waals surface area contributed by atoms with Gasteiger partial charge < -0.3 is 16.0 Å². The molecule has 2 aliphatic rings. The van der Waals surface area contributed by atoms with Crippen molar-refractivity contribution >= 4 is 17.4 Å². The average molecular weight is 336 g/mol. The van der Waals surface area contributed by atoms with Gasteiger partial charge in [0.1, 0.15) is 5.82 Å². The molecule has 130 valence electrons. The molecule has 1 fully saturated rings. The minimum atomic E-state index is 0.0400. The first kappa shape index (κ1) is 15.9. The average Bonchev–Trinajstić information content (AvgIpc) is 2.89. The number of benzene rings is 1. The molecule has 25 heavy (non-hydrogen) atoms. The van der Waals surface area contributed by atoms with Crippen LogP contribution in [0.1, 0.15) is 43.4 Å². The Bertz CT molecular complexity index is 796. The van der Waals surface area contributed by atoms with E-state index in [9.17, 15) is 4.79 Å². The maximum absolute atomic E-state index is 11.6. The van der Waals surface area contributed by atoms with Gasteiger partial charge in [-0.1, -0.05) is 24.3 Å². The zero-order chi connectivity index (χ0) is 17.4. The maximum Gasteiger partial charge on any atom is 0.217 e. The van der Waals surface area contributed by atoms with Gasteiger partial charge >= 0.3 is 0 Å². The number of piperidine rings is 1. The van der Waals surface area contributed by atoms with E-state index in [-0.39, 0.29) is 17.4 Å². The van der Waals surface area contributed by atoms with Crippen LogP contribution in [0.3, 0.4) is 0 Å². The lowest BCUT2D eigenvalue weighted by atomic mass is 9.73. The second kappa shape index (κ2) is 6.06. The number of hydrogen-bond acceptors (Lipinski definition) is 4. The Morgan fingerprint density at radius 1 is 1.28 bits per heavy atom. The van der Waals surface area contributed by atoms with Crippen LogP contribution in [0.5, 0.6) is 0 Å². The molecule has 2 heterocycles. The standard InChI is InChI=1S/C20H24N4O/c1-14(25)23-18-13-20(17-5-3-2-4-16(17)18)7-10-24(11-8-20)19-12-15(21)6-9-22-19/h2-6,9,12,18H,7-8,10-11,13H2,1H3,(H2,21,22)(H,23,25)/t18-/m0/s1. The second-order valence-corrected chi connectivity index (χ2v) is 7.26. The number of nitrogen functional groups attached to an aromatic ring is 1. The van der Waals surface area contributed by atoms with Gasteiger partial charge in [-0.05, 0) is 36.5 Å². The predicted molar refractivity (Wildman–Crippen MR) is 99.4 cm³/mol. The fourth-order valence-corrected chi connectivity index (χ4v) is 4.51. The van der Waals surface area contributed by atoms with Crippen molar-refractivity contribution in [2.24, 2.45) is 0 Å². The lowest BCUT2D eigenvalue weighted by Crippen LogP contribution is -2.42. The Morgan fingerprint density at radius 3 is 2.76 bits per heavy atom. The minimum absolute atomic E-state index is 0.0400. The number of anilines is 2. The van der Waals surface area contributed by atoms with E-state index in [0.29, 0.717) is 0 Å². The molecule has 5 nitrogen and oxygen atoms in total. The minimum Gasteiger partial charge on any atom is -0.399 e. The third kappa shape index (κ3) is 2.84. The summed E-state index contributed by atoms with van der Waals surface area (Å²) in [5.74, 6) is 0.998. The molecular weight excluding hydrogens is 312 g/mol. The largest absolute Gasteiger partial charge is 0.399 e. The molecule has 0 bridgehead atoms. The van der Waals surface area contributed by atoms with Crippen molar-refractivity contribution in [2.45, 2.75) is 37.6 Å². The van der Waals surface area contributed by atoms with E-state index in [1.54, 1.807) is 13.1 Å². The van der Waals surface area contributed by atoms with Gasteiger partial charge in [0, 0.05) is 43.4 Å². The molecule has 0 unspecified atom stereocenters. The summed E-state index contributed by atoms with van der Waals surface area (Å²) < 4.78 is 0. The molecule has 1 amide bonds. The topological polar surface area (TPSA) is 71.2 Å². The molecule has 1 aromatic carbocycles. The number of pyridine rings is 1. The van der Waals surface area contributed by atoms with E-state index in [2.05, 4.69) is 39.5 Å². The van der Waals surface area contributed by atoms with Crippen molar-refractivity contribution in [1.29, 1.82) is 0 Å². The van der Waals surface area contributed by atoms with Crippen LogP contribution in [0.2, 0.25) is 0 Å². The molecule has 1 spiro atoms. The van der Waals surface area contributed by atoms with E-state index in [4.69, 9.17) is 5.73 Å². The molecular formula is C20H24N4O. The Morgan fingerprint density at radius 2 is 2.04 bits per heavy atom. The number of rotatable bonds is 2. The molecule has 1 atom stereocenters. The lowest BCUT2D eigenvalue weighted by molar-refractivity contribution is -0.119. The number of nitrogens with two attached hydrogens (primary N) is 1. The number of aromatic nitrogens is 1. The quantitative estimate of drug-likeness (QED) is 0.885. The molecule has 0 saturated carbocycles. The fraction of sp³-hybridized carbons (Fsp3) is 0.400. The van der Waals surface area contributed by atoms with Crippen LogP contribution in [0, 0.1) is 0 Å². The number of carbonyl (C=O) groups excluding carboxylic acids is 1. The zero-order valence-electron chi connectivity index (χ0n) is 14.5. The predicted octanol–water partition coefficient (Wildman–Crippen LogP) is 2.78. The summed E-state index contributed by atoms with van der Waals surface area (Å²) in [6, 6.07) is 12.5. The van der Waals surface area contributed by atoms with Gasteiger partial charge in [-0.15, -0.1) is 0 Å². The highest BCUT2D eigenvalue weighted by Crippen LogP contribution is 2.50. The molecule has 5 heteroatoms. The van der Waals surface area contributed by atoms with Crippen LogP contribution >= 0.6 is 0 Å². The first-order valence-corrected chi connectivity index (χ1v) is 8.90. The highest BCUT2D eigenvalue weighted by molar-refractivity contribution is 5.74. The Kier molecular flexibility index (Phi) is 3.86. The number of carbonyl (C=O) groups is 1. The number of amides is 1. The van der Waals surface area contributed by atoms with Crippen LogP contribution in [0.4, 0.5) is 11.5 Å². The first-order valence-electron chi connectivity index (χ1n) is 8.90. The summed E-state index contributed by atoms with van der Waals surface area (Å²) in [6.45, 7) is 3.51. The van der Waals surface area contributed by atoms with Gasteiger partial charge in [0.15, 0.2) is 0 Å². The van der Waals surface area contributed by atoms with Gasteiger partial charge in [-0.2, -0.15) is 0 Å². The van der Waals surface area contributed by atoms with Crippen molar-refractivity contribution in [3.63, 3.8) is 0 Å². The molecule has 3 N–H and O–H groups in total. The van der Waals surface area contributed by atoms with Crippen LogP contribution in [-0.2, 0) is 10.2 Å². The number of nitrogens with one attached hydrogen (secondary N) is 1. The monoisotopic (exact) mass is 336 g/mol. The van der Waals surface area contributed by atoms with Gasteiger partial charge in [-0.3, -0.25) is 4.79 Å². The van der Waals surface area contributed by atoms with E-state index >= 15 is 0 Å². The molecule has 2 aromatic rings. The molecule has 1 aliphatic carbocycles. The van der Waals surface area contributed by atoms with E-state index in [1.807, 2.05) is 12.1 Å². The molecule has 1 aromatic heterocycles. The third-order valence-electron chi connectivity index (χ3n) is 5.69. The van der Waals surface area contributed by atoms with Crippen LogP contribution in [0.15, 0.2) is 42.6 Å². The summed E-state index contributed by atoms with van der Waals surface area (Å²) >= 11 is 0. The van der Waals surface area contributed by atoms with Gasteiger partial charge in [0.05, 0.1) is 6.04 Å². The third-order valence-corrected chi connectivity index (χ3v) is 5.69. The number of fused-ring (bicyclic) bond motifs is 2. The smallest absolute Gasteiger partial charge is 0.217 e. The van der Waals surface area contributed by atoms with E-state index < -0.39 is 0 Å². The fourth-order valence-electron chi connectivity index (χ4n) is 4.51. The SMILES string of the molecule is CC(=O)N[C@H]1CC2(CCN(c3cc(N)ccn3)CC2)c2ccccc21. The van der Waals surface area contributed by atoms with Crippen LogP contribution in [-0.4, -0.2) is 24.0 Å². The van der Waals surface area contributed by atoms with Crippen molar-refractivity contribution < 1.29 is 4.79 Å². The van der Waals surface area contributed by atoms with Crippen molar-refractivity contribution in [3.05, 3.63) is 53.7 Å². The van der Waals surface area contributed by atoms with Crippen LogP contribution in [0.25, 0.3) is 0 Å². The van der Waals surface area contributed by atoms with Gasteiger partial charge in [0.25, 0.3) is 0 Å². The Balaban J connectivity index is 1.57. The molecule has 1 saturated heterocycles. The van der Waals surface area contributed by atoms with Crippen molar-refractivity contribution in [2.75, 3.05) is 23.7 Å². The number of nitrogens with zero attached hydrogens (tertiary/aromatic N) is 2. The molecule has 0 radical (unpaired) electrons. The summed E-state index contributed by atoms with van der Waals surface area (Å²) in [6.07, 6.45) is 4.89. The summed E-state index contributed by atoms with van der Waals surface area (Å²) in [5.41, 5.74) is 9.50. The van der Waals surface area contributed by atoms with Gasteiger partial charge in [0.2, 0.25) is 5.91 Å². The lowest BCUT2D eigenvalue weighted by Gasteiger charge is -2.41. The first-order chi connectivity index (χ1) is 12.1. The summed E-state index contributed by atoms with van der Waals surface area (Å²) in [5, 5.41) is 3.14. The highest BCUT2D eigenvalue weighted by Gasteiger charge is 2.45. The molecule has 1 aliphatic heterocycles. The van der Waals surface area contributed by atoms with Gasteiger partial charge in [-0.25, -0.2) is 4.98 Å².